The van der Waals surface area contributed by atoms with Crippen LogP contribution in [0.2, 0.25) is 0 Å². The minimum Gasteiger partial charge on any atom is -0.456 e. The number of carbonyl (C=O) groups excluding carboxylic acids is 3. The largest absolute Gasteiger partial charge is 0.456 e. The summed E-state index contributed by atoms with van der Waals surface area (Å²) in [6.07, 6.45) is 1.51. The lowest BCUT2D eigenvalue weighted by molar-refractivity contribution is -0.147. The number of nitrogens with zero attached hydrogens (tertiary/aromatic N) is 1. The topological polar surface area (TPSA) is 75.7 Å². The lowest BCUT2D eigenvalue weighted by atomic mass is 9.89. The molecule has 0 saturated carbocycles. The Kier molecular flexibility index (Phi) is 7.15. The predicted octanol–water partition coefficient (Wildman–Crippen LogP) is 4.52. The van der Waals surface area contributed by atoms with Crippen molar-refractivity contribution < 1.29 is 19.1 Å². The fraction of sp³-hybridized carbons (Fsp3) is 0.222. The number of hydrogen-bond donors (Lipinski definition) is 1. The van der Waals surface area contributed by atoms with Gasteiger partial charge in [-0.15, -0.1) is 0 Å². The van der Waals surface area contributed by atoms with Crippen molar-refractivity contribution >= 4 is 29.2 Å². The molecule has 1 fully saturated rings. The molecule has 0 spiro atoms. The maximum Gasteiger partial charge on any atom is 0.307 e. The first-order chi connectivity index (χ1) is 16.1. The van der Waals surface area contributed by atoms with Gasteiger partial charge in [0.2, 0.25) is 5.91 Å². The summed E-state index contributed by atoms with van der Waals surface area (Å²) in [5.74, 6) is -0.945. The molecule has 33 heavy (non-hydrogen) atoms. The number of amides is 2. The van der Waals surface area contributed by atoms with Crippen LogP contribution < -0.4 is 10.2 Å². The normalized spacial score (nSPS) is 13.2. The van der Waals surface area contributed by atoms with Crippen LogP contribution in [0.4, 0.5) is 11.4 Å². The van der Waals surface area contributed by atoms with Crippen molar-refractivity contribution in [2.24, 2.45) is 0 Å². The Bertz CT molecular complexity index is 1080. The molecule has 6 nitrogen and oxygen atoms in total. The first kappa shape index (κ1) is 22.3. The van der Waals surface area contributed by atoms with Gasteiger partial charge in [-0.25, -0.2) is 0 Å². The molecule has 0 aromatic heterocycles. The van der Waals surface area contributed by atoms with Gasteiger partial charge >= 0.3 is 5.97 Å². The van der Waals surface area contributed by atoms with Gasteiger partial charge < -0.3 is 15.0 Å². The molecule has 0 unspecified atom stereocenters. The highest BCUT2D eigenvalue weighted by molar-refractivity contribution is 5.97. The number of carbonyl (C=O) groups is 3. The molecule has 168 valence electrons. The average Bonchev–Trinajstić information content (AvgIpc) is 3.28. The fourth-order valence-electron chi connectivity index (χ4n) is 4.04. The minimum absolute atomic E-state index is 0.0822. The summed E-state index contributed by atoms with van der Waals surface area (Å²) in [4.78, 5) is 38.6. The second-order valence-corrected chi connectivity index (χ2v) is 7.99. The molecule has 0 radical (unpaired) electrons. The van der Waals surface area contributed by atoms with Crippen molar-refractivity contribution in [2.45, 2.75) is 25.2 Å². The van der Waals surface area contributed by atoms with Crippen LogP contribution in [0.1, 0.15) is 36.3 Å². The zero-order valence-corrected chi connectivity index (χ0v) is 18.3. The first-order valence-electron chi connectivity index (χ1n) is 11.1. The molecule has 6 heteroatoms. The van der Waals surface area contributed by atoms with Gasteiger partial charge in [0, 0.05) is 30.3 Å². The second-order valence-electron chi connectivity index (χ2n) is 7.99. The van der Waals surface area contributed by atoms with Crippen LogP contribution >= 0.6 is 0 Å². The van der Waals surface area contributed by atoms with Crippen molar-refractivity contribution in [1.82, 2.24) is 0 Å². The molecule has 3 aromatic rings. The molecular weight excluding hydrogens is 416 g/mol. The van der Waals surface area contributed by atoms with E-state index in [2.05, 4.69) is 5.32 Å². The zero-order chi connectivity index (χ0) is 23.0. The molecule has 4 rings (SSSR count). The van der Waals surface area contributed by atoms with E-state index in [1.54, 1.807) is 23.1 Å². The number of hydrogen-bond acceptors (Lipinski definition) is 4. The highest BCUT2D eigenvalue weighted by Gasteiger charge is 2.22. The maximum absolute atomic E-state index is 12.6. The van der Waals surface area contributed by atoms with Gasteiger partial charge in [0.1, 0.15) is 0 Å². The van der Waals surface area contributed by atoms with Crippen LogP contribution in [0.3, 0.4) is 0 Å². The fourth-order valence-corrected chi connectivity index (χ4v) is 4.04. The van der Waals surface area contributed by atoms with Gasteiger partial charge in [-0.05, 0) is 35.7 Å². The standard InChI is InChI=1S/C27H26N2O4/c30-25(28-22-13-7-14-23(17-22)29-16-8-15-26(29)31)19-33-27(32)18-24(20-9-3-1-4-10-20)21-11-5-2-6-12-21/h1-7,9-14,17,24H,8,15-16,18-19H2,(H,28,30). The Hall–Kier alpha value is -3.93. The highest BCUT2D eigenvalue weighted by Crippen LogP contribution is 2.28. The van der Waals surface area contributed by atoms with Crippen molar-refractivity contribution in [3.05, 3.63) is 96.1 Å². The number of benzene rings is 3. The predicted molar refractivity (Wildman–Crippen MR) is 127 cm³/mol. The molecule has 1 N–H and O–H groups in total. The van der Waals surface area contributed by atoms with Gasteiger partial charge in [0.05, 0.1) is 6.42 Å². The Labute approximate surface area is 193 Å². The quantitative estimate of drug-likeness (QED) is 0.521. The summed E-state index contributed by atoms with van der Waals surface area (Å²) in [6, 6.07) is 26.7. The number of nitrogens with one attached hydrogen (secondary N) is 1. The summed E-state index contributed by atoms with van der Waals surface area (Å²) in [5.41, 5.74) is 3.33. The Morgan fingerprint density at radius 2 is 1.58 bits per heavy atom. The molecule has 2 amide bonds. The SMILES string of the molecule is O=C(COC(=O)CC(c1ccccc1)c1ccccc1)Nc1cccc(N2CCCC2=O)c1. The van der Waals surface area contributed by atoms with Gasteiger partial charge in [-0.3, -0.25) is 14.4 Å². The summed E-state index contributed by atoms with van der Waals surface area (Å²) >= 11 is 0. The zero-order valence-electron chi connectivity index (χ0n) is 18.3. The minimum atomic E-state index is -0.445. The maximum atomic E-state index is 12.6. The van der Waals surface area contributed by atoms with Gasteiger partial charge in [-0.1, -0.05) is 66.7 Å². The molecule has 1 saturated heterocycles. The second kappa shape index (κ2) is 10.6. The monoisotopic (exact) mass is 442 g/mol. The van der Waals surface area contributed by atoms with E-state index in [1.807, 2.05) is 66.7 Å². The van der Waals surface area contributed by atoms with Gasteiger partial charge in [0.25, 0.3) is 5.91 Å². The van der Waals surface area contributed by atoms with Crippen LogP contribution in [0.15, 0.2) is 84.9 Å². The van der Waals surface area contributed by atoms with Crippen LogP contribution in [0.5, 0.6) is 0 Å². The van der Waals surface area contributed by atoms with Crippen LogP contribution in [-0.4, -0.2) is 30.9 Å². The Morgan fingerprint density at radius 3 is 2.18 bits per heavy atom. The average molecular weight is 443 g/mol. The lowest BCUT2D eigenvalue weighted by Crippen LogP contribution is -2.24. The van der Waals surface area contributed by atoms with Crippen molar-refractivity contribution in [3.8, 4) is 0 Å². The van der Waals surface area contributed by atoms with E-state index in [4.69, 9.17) is 4.74 Å². The molecule has 0 bridgehead atoms. The third-order valence-corrected chi connectivity index (χ3v) is 5.65. The number of anilines is 2. The van der Waals surface area contributed by atoms with E-state index >= 15 is 0 Å². The third-order valence-electron chi connectivity index (χ3n) is 5.65. The number of rotatable bonds is 8. The first-order valence-corrected chi connectivity index (χ1v) is 11.1. The lowest BCUT2D eigenvalue weighted by Gasteiger charge is -2.18. The van der Waals surface area contributed by atoms with E-state index < -0.39 is 11.9 Å². The van der Waals surface area contributed by atoms with Crippen molar-refractivity contribution in [3.63, 3.8) is 0 Å². The van der Waals surface area contributed by atoms with Crippen molar-refractivity contribution in [1.29, 1.82) is 0 Å². The summed E-state index contributed by atoms with van der Waals surface area (Å²) in [5, 5.41) is 2.74. The third kappa shape index (κ3) is 5.86. The number of esters is 1. The van der Waals surface area contributed by atoms with Gasteiger partial charge in [-0.2, -0.15) is 0 Å². The number of ether oxygens (including phenoxy) is 1. The van der Waals surface area contributed by atoms with E-state index in [0.717, 1.165) is 23.2 Å². The van der Waals surface area contributed by atoms with E-state index in [1.165, 1.54) is 0 Å². The van der Waals surface area contributed by atoms with Crippen LogP contribution in [0.25, 0.3) is 0 Å². The van der Waals surface area contributed by atoms with Crippen LogP contribution in [0, 0.1) is 0 Å². The highest BCUT2D eigenvalue weighted by atomic mass is 16.5. The molecular formula is C27H26N2O4. The molecule has 1 heterocycles. The molecule has 1 aliphatic rings. The van der Waals surface area contributed by atoms with Gasteiger partial charge in [0.15, 0.2) is 6.61 Å². The van der Waals surface area contributed by atoms with E-state index in [-0.39, 0.29) is 24.9 Å². The Morgan fingerprint density at radius 1 is 0.909 bits per heavy atom. The Balaban J connectivity index is 1.34. The smallest absolute Gasteiger partial charge is 0.307 e. The molecule has 1 aliphatic heterocycles. The molecule has 3 aromatic carbocycles. The van der Waals surface area contributed by atoms with Crippen molar-refractivity contribution in [2.75, 3.05) is 23.4 Å². The van der Waals surface area contributed by atoms with Crippen LogP contribution in [-0.2, 0) is 19.1 Å². The molecule has 0 aliphatic carbocycles. The van der Waals surface area contributed by atoms with E-state index in [9.17, 15) is 14.4 Å². The van der Waals surface area contributed by atoms with E-state index in [0.29, 0.717) is 18.7 Å². The summed E-state index contributed by atoms with van der Waals surface area (Å²) in [6.45, 7) is 0.305. The summed E-state index contributed by atoms with van der Waals surface area (Å²) < 4.78 is 5.28. The molecule has 0 atom stereocenters. The summed E-state index contributed by atoms with van der Waals surface area (Å²) in [7, 11) is 0.